The smallest absolute Gasteiger partial charge is 0.286 e. The summed E-state index contributed by atoms with van der Waals surface area (Å²) in [6.45, 7) is 7.69. The van der Waals surface area contributed by atoms with Gasteiger partial charge in [-0.25, -0.2) is 0 Å². The molecular weight excluding hydrogens is 418 g/mol. The lowest BCUT2D eigenvalue weighted by atomic mass is 10.1. The second kappa shape index (κ2) is 8.71. The van der Waals surface area contributed by atoms with Gasteiger partial charge >= 0.3 is 0 Å². The van der Waals surface area contributed by atoms with Gasteiger partial charge < -0.3 is 14.2 Å². The van der Waals surface area contributed by atoms with Crippen LogP contribution >= 0.6 is 11.8 Å². The molecule has 2 aromatic carbocycles. The summed E-state index contributed by atoms with van der Waals surface area (Å²) in [4.78, 5) is 22.0. The van der Waals surface area contributed by atoms with Crippen LogP contribution < -0.4 is 4.90 Å². The highest BCUT2D eigenvalue weighted by atomic mass is 32.2. The van der Waals surface area contributed by atoms with Crippen LogP contribution in [0.2, 0.25) is 0 Å². The minimum Gasteiger partial charge on any atom is -0.457 e. The summed E-state index contributed by atoms with van der Waals surface area (Å²) in [5, 5.41) is 0.787. The van der Waals surface area contributed by atoms with Crippen molar-refractivity contribution in [2.75, 3.05) is 31.1 Å². The molecule has 1 saturated heterocycles. The van der Waals surface area contributed by atoms with E-state index < -0.39 is 0 Å². The molecule has 5 rings (SSSR count). The van der Waals surface area contributed by atoms with E-state index in [9.17, 15) is 4.79 Å². The van der Waals surface area contributed by atoms with Gasteiger partial charge in [-0.3, -0.25) is 4.79 Å². The molecule has 1 aromatic heterocycles. The van der Waals surface area contributed by atoms with Crippen molar-refractivity contribution in [2.24, 2.45) is 4.99 Å². The first-order valence-electron chi connectivity index (χ1n) is 10.8. The standard InChI is InChI=1S/C26H25N3O2S/c1-18-6-8-20(9-7-18)23-11-10-22(31-23)17-24-25(30)27-26(32-24)29-14-12-28(13-15-29)21-5-3-4-19(2)16-21/h3-11,16-17H,12-15H2,1-2H3/b24-17-. The van der Waals surface area contributed by atoms with Gasteiger partial charge in [-0.05, 0) is 55.4 Å². The molecular formula is C26H25N3O2S. The Hall–Kier alpha value is -3.25. The number of anilines is 1. The number of hydrogen-bond donors (Lipinski definition) is 0. The van der Waals surface area contributed by atoms with Crippen LogP contribution in [-0.2, 0) is 4.79 Å². The van der Waals surface area contributed by atoms with Gasteiger partial charge in [0.1, 0.15) is 11.5 Å². The Morgan fingerprint density at radius 3 is 2.41 bits per heavy atom. The summed E-state index contributed by atoms with van der Waals surface area (Å²) in [5.74, 6) is 1.26. The van der Waals surface area contributed by atoms with Gasteiger partial charge in [0.15, 0.2) is 5.17 Å². The van der Waals surface area contributed by atoms with Gasteiger partial charge in [0.2, 0.25) is 0 Å². The van der Waals surface area contributed by atoms with E-state index in [0.29, 0.717) is 10.7 Å². The predicted octanol–water partition coefficient (Wildman–Crippen LogP) is 5.36. The van der Waals surface area contributed by atoms with Crippen molar-refractivity contribution in [2.45, 2.75) is 13.8 Å². The number of carbonyl (C=O) groups excluding carboxylic acids is 1. The third-order valence-corrected chi connectivity index (χ3v) is 6.81. The van der Waals surface area contributed by atoms with Crippen LogP contribution in [0.5, 0.6) is 0 Å². The molecule has 1 amide bonds. The lowest BCUT2D eigenvalue weighted by molar-refractivity contribution is -0.113. The van der Waals surface area contributed by atoms with Gasteiger partial charge in [-0.1, -0.05) is 42.0 Å². The quantitative estimate of drug-likeness (QED) is 0.510. The maximum absolute atomic E-state index is 12.5. The number of nitrogens with zero attached hydrogens (tertiary/aromatic N) is 3. The zero-order valence-corrected chi connectivity index (χ0v) is 19.1. The van der Waals surface area contributed by atoms with Gasteiger partial charge in [-0.15, -0.1) is 0 Å². The predicted molar refractivity (Wildman–Crippen MR) is 132 cm³/mol. The molecule has 1 fully saturated rings. The monoisotopic (exact) mass is 443 g/mol. The summed E-state index contributed by atoms with van der Waals surface area (Å²) >= 11 is 1.44. The van der Waals surface area contributed by atoms with E-state index in [1.807, 2.05) is 24.3 Å². The van der Waals surface area contributed by atoms with E-state index in [1.54, 1.807) is 6.08 Å². The fraction of sp³-hybridized carbons (Fsp3) is 0.231. The van der Waals surface area contributed by atoms with Crippen molar-refractivity contribution >= 4 is 34.6 Å². The molecule has 6 heteroatoms. The highest BCUT2D eigenvalue weighted by Crippen LogP contribution is 2.32. The van der Waals surface area contributed by atoms with Crippen LogP contribution in [0.4, 0.5) is 5.69 Å². The molecule has 5 nitrogen and oxygen atoms in total. The zero-order valence-electron chi connectivity index (χ0n) is 18.2. The molecule has 32 heavy (non-hydrogen) atoms. The Morgan fingerprint density at radius 2 is 1.66 bits per heavy atom. The SMILES string of the molecule is Cc1ccc(-c2ccc(/C=C3\SC(N4CCN(c5cccc(C)c5)CC4)=NC3=O)o2)cc1. The molecule has 162 valence electrons. The maximum atomic E-state index is 12.5. The lowest BCUT2D eigenvalue weighted by Gasteiger charge is -2.36. The first-order valence-corrected chi connectivity index (χ1v) is 11.6. The molecule has 0 atom stereocenters. The lowest BCUT2D eigenvalue weighted by Crippen LogP contribution is -2.47. The number of furan rings is 1. The van der Waals surface area contributed by atoms with Gasteiger partial charge in [0.25, 0.3) is 5.91 Å². The Labute approximate surface area is 192 Å². The fourth-order valence-electron chi connectivity index (χ4n) is 3.95. The number of aliphatic imine (C=N–C) groups is 1. The van der Waals surface area contributed by atoms with Crippen LogP contribution in [-0.4, -0.2) is 42.2 Å². The molecule has 2 aliphatic heterocycles. The first-order chi connectivity index (χ1) is 15.5. The summed E-state index contributed by atoms with van der Waals surface area (Å²) in [5.41, 5.74) is 4.75. The Bertz CT molecular complexity index is 1200. The normalized spacial score (nSPS) is 17.9. The molecule has 0 unspecified atom stereocenters. The van der Waals surface area contributed by atoms with Crippen LogP contribution in [0.15, 0.2) is 75.0 Å². The minimum absolute atomic E-state index is 0.195. The third kappa shape index (κ3) is 4.36. The van der Waals surface area contributed by atoms with Crippen molar-refractivity contribution in [1.29, 1.82) is 0 Å². The molecule has 0 bridgehead atoms. The van der Waals surface area contributed by atoms with Gasteiger partial charge in [-0.2, -0.15) is 4.99 Å². The van der Waals surface area contributed by atoms with Crippen molar-refractivity contribution < 1.29 is 9.21 Å². The number of hydrogen-bond acceptors (Lipinski definition) is 5. The van der Waals surface area contributed by atoms with Crippen LogP contribution in [0.1, 0.15) is 16.9 Å². The number of rotatable bonds is 3. The fourth-order valence-corrected chi connectivity index (χ4v) is 4.89. The number of benzene rings is 2. The van der Waals surface area contributed by atoms with Crippen LogP contribution in [0, 0.1) is 13.8 Å². The summed E-state index contributed by atoms with van der Waals surface area (Å²) in [6, 6.07) is 20.6. The van der Waals surface area contributed by atoms with E-state index in [4.69, 9.17) is 4.42 Å². The van der Waals surface area contributed by atoms with E-state index in [2.05, 4.69) is 65.0 Å². The molecule has 3 aromatic rings. The average molecular weight is 444 g/mol. The van der Waals surface area contributed by atoms with Gasteiger partial charge in [0, 0.05) is 43.5 Å². The third-order valence-electron chi connectivity index (χ3n) is 5.76. The molecule has 0 aliphatic carbocycles. The number of piperazine rings is 1. The Kier molecular flexibility index (Phi) is 5.62. The summed E-state index contributed by atoms with van der Waals surface area (Å²) in [7, 11) is 0. The zero-order chi connectivity index (χ0) is 22.1. The van der Waals surface area contributed by atoms with Crippen molar-refractivity contribution in [1.82, 2.24) is 4.90 Å². The highest BCUT2D eigenvalue weighted by molar-refractivity contribution is 8.18. The highest BCUT2D eigenvalue weighted by Gasteiger charge is 2.28. The maximum Gasteiger partial charge on any atom is 0.286 e. The second-order valence-electron chi connectivity index (χ2n) is 8.19. The first kappa shape index (κ1) is 20.6. The number of thioether (sulfide) groups is 1. The summed E-state index contributed by atoms with van der Waals surface area (Å²) in [6.07, 6.45) is 1.80. The number of carbonyl (C=O) groups is 1. The molecule has 2 aliphatic rings. The van der Waals surface area contributed by atoms with Crippen LogP contribution in [0.25, 0.3) is 17.4 Å². The van der Waals surface area contributed by atoms with E-state index in [1.165, 1.54) is 28.6 Å². The Balaban J connectivity index is 1.23. The topological polar surface area (TPSA) is 49.0 Å². The number of amidine groups is 1. The van der Waals surface area contributed by atoms with E-state index >= 15 is 0 Å². The molecule has 0 radical (unpaired) electrons. The van der Waals surface area contributed by atoms with E-state index in [0.717, 1.165) is 42.7 Å². The second-order valence-corrected chi connectivity index (χ2v) is 9.20. The Morgan fingerprint density at radius 1 is 0.906 bits per heavy atom. The molecule has 0 saturated carbocycles. The van der Waals surface area contributed by atoms with Gasteiger partial charge in [0.05, 0.1) is 4.91 Å². The molecule has 0 spiro atoms. The number of aryl methyl sites for hydroxylation is 2. The largest absolute Gasteiger partial charge is 0.457 e. The molecule has 3 heterocycles. The van der Waals surface area contributed by atoms with Crippen molar-refractivity contribution in [3.8, 4) is 11.3 Å². The average Bonchev–Trinajstić information content (AvgIpc) is 3.42. The van der Waals surface area contributed by atoms with E-state index in [-0.39, 0.29) is 5.91 Å². The minimum atomic E-state index is -0.195. The number of amides is 1. The van der Waals surface area contributed by atoms with Crippen molar-refractivity contribution in [3.05, 3.63) is 82.5 Å². The van der Waals surface area contributed by atoms with Crippen LogP contribution in [0.3, 0.4) is 0 Å². The summed E-state index contributed by atoms with van der Waals surface area (Å²) < 4.78 is 5.96. The van der Waals surface area contributed by atoms with Crippen molar-refractivity contribution in [3.63, 3.8) is 0 Å². The molecule has 0 N–H and O–H groups in total.